The topological polar surface area (TPSA) is 88.6 Å². The standard InChI is InChI=1S/C23H19F4N3O3/c1-23-6-16(28)13(23)8-29(9-23)20-15(26)5-11-19(18(20)27)30(7-12(21(11)31)22(32)33)17-3-2-10(24)4-14(17)25/h2-5,7,13,16H,6,8-9,28H2,1H3,(H,32,33)/t13-,16-,23-/m0/s1. The Labute approximate surface area is 184 Å². The number of aromatic carboxylic acids is 1. The van der Waals surface area contributed by atoms with E-state index in [0.29, 0.717) is 25.6 Å². The van der Waals surface area contributed by atoms with E-state index in [2.05, 4.69) is 0 Å². The number of carboxylic acids is 1. The van der Waals surface area contributed by atoms with Crippen LogP contribution in [-0.4, -0.2) is 34.8 Å². The van der Waals surface area contributed by atoms with Gasteiger partial charge in [0.05, 0.1) is 16.6 Å². The maximum Gasteiger partial charge on any atom is 0.341 e. The third-order valence-electron chi connectivity index (χ3n) is 6.96. The molecule has 3 N–H and O–H groups in total. The molecule has 2 fully saturated rings. The van der Waals surface area contributed by atoms with Gasteiger partial charge < -0.3 is 20.3 Å². The Hall–Kier alpha value is -3.40. The van der Waals surface area contributed by atoms with E-state index in [1.165, 1.54) is 4.90 Å². The van der Waals surface area contributed by atoms with E-state index in [-0.39, 0.29) is 17.4 Å². The molecule has 5 rings (SSSR count). The zero-order chi connectivity index (χ0) is 23.8. The van der Waals surface area contributed by atoms with Crippen LogP contribution >= 0.6 is 0 Å². The van der Waals surface area contributed by atoms with E-state index in [1.807, 2.05) is 6.92 Å². The maximum absolute atomic E-state index is 15.9. The predicted molar refractivity (Wildman–Crippen MR) is 113 cm³/mol. The van der Waals surface area contributed by atoms with Gasteiger partial charge >= 0.3 is 5.97 Å². The van der Waals surface area contributed by atoms with Gasteiger partial charge in [-0.1, -0.05) is 6.92 Å². The molecular formula is C23H19F4N3O3. The molecule has 0 unspecified atom stereocenters. The molecule has 0 radical (unpaired) electrons. The monoisotopic (exact) mass is 461 g/mol. The van der Waals surface area contributed by atoms with Crippen LogP contribution in [0.1, 0.15) is 23.7 Å². The smallest absolute Gasteiger partial charge is 0.341 e. The highest BCUT2D eigenvalue weighted by Gasteiger charge is 2.55. The number of fused-ring (bicyclic) bond motifs is 2. The SMILES string of the molecule is C[C@@]12C[C@H](N)[C@@H]1CN(c1c(F)cc3c(=O)c(C(=O)O)cn(-c4ccc(F)cc4F)c3c1F)C2. The van der Waals surface area contributed by atoms with Crippen molar-refractivity contribution in [2.45, 2.75) is 19.4 Å². The van der Waals surface area contributed by atoms with Crippen molar-refractivity contribution in [3.05, 3.63) is 69.5 Å². The Morgan fingerprint density at radius 1 is 1.18 bits per heavy atom. The van der Waals surface area contributed by atoms with E-state index in [1.54, 1.807) is 0 Å². The van der Waals surface area contributed by atoms with Crippen molar-refractivity contribution < 1.29 is 27.5 Å². The number of hydrogen-bond acceptors (Lipinski definition) is 4. The Balaban J connectivity index is 1.81. The summed E-state index contributed by atoms with van der Waals surface area (Å²) in [4.78, 5) is 25.8. The first-order chi connectivity index (χ1) is 15.5. The Bertz CT molecular complexity index is 1410. The highest BCUT2D eigenvalue weighted by Crippen LogP contribution is 2.52. The number of hydrogen-bond donors (Lipinski definition) is 2. The summed E-state index contributed by atoms with van der Waals surface area (Å²) in [6.45, 7) is 2.63. The molecule has 1 saturated heterocycles. The molecule has 3 atom stereocenters. The lowest BCUT2D eigenvalue weighted by Gasteiger charge is -2.46. The number of benzene rings is 2. The van der Waals surface area contributed by atoms with Gasteiger partial charge in [-0.25, -0.2) is 22.4 Å². The zero-order valence-corrected chi connectivity index (χ0v) is 17.4. The van der Waals surface area contributed by atoms with E-state index in [0.717, 1.165) is 29.0 Å². The highest BCUT2D eigenvalue weighted by molar-refractivity contribution is 5.94. The largest absolute Gasteiger partial charge is 0.477 e. The van der Waals surface area contributed by atoms with Crippen LogP contribution in [0.15, 0.2) is 35.3 Å². The average molecular weight is 461 g/mol. The third kappa shape index (κ3) is 3.04. The second kappa shape index (κ2) is 7.05. The van der Waals surface area contributed by atoms with Crippen molar-refractivity contribution in [1.82, 2.24) is 4.57 Å². The maximum atomic E-state index is 15.9. The van der Waals surface area contributed by atoms with Gasteiger partial charge in [-0.2, -0.15) is 0 Å². The molecule has 1 aromatic heterocycles. The summed E-state index contributed by atoms with van der Waals surface area (Å²) in [5.41, 5.74) is 2.64. The van der Waals surface area contributed by atoms with E-state index < -0.39 is 62.5 Å². The van der Waals surface area contributed by atoms with E-state index >= 15 is 8.78 Å². The number of aromatic nitrogens is 1. The van der Waals surface area contributed by atoms with Crippen LogP contribution in [0.3, 0.4) is 0 Å². The van der Waals surface area contributed by atoms with E-state index in [4.69, 9.17) is 5.73 Å². The lowest BCUT2D eigenvalue weighted by Crippen LogP contribution is -2.53. The number of nitrogens with zero attached hydrogens (tertiary/aromatic N) is 2. The number of halogens is 4. The van der Waals surface area contributed by atoms with Gasteiger partial charge in [0, 0.05) is 31.4 Å². The number of carboxylic acid groups (broad SMARTS) is 1. The van der Waals surface area contributed by atoms with Crippen molar-refractivity contribution in [1.29, 1.82) is 0 Å². The Kier molecular flexibility index (Phi) is 4.58. The first kappa shape index (κ1) is 21.4. The second-order valence-corrected chi connectivity index (χ2v) is 9.07. The van der Waals surface area contributed by atoms with Crippen LogP contribution in [-0.2, 0) is 0 Å². The summed E-state index contributed by atoms with van der Waals surface area (Å²) in [7, 11) is 0. The fourth-order valence-electron chi connectivity index (χ4n) is 5.35. The first-order valence-corrected chi connectivity index (χ1v) is 10.3. The molecule has 172 valence electrons. The lowest BCUT2D eigenvalue weighted by molar-refractivity contribution is 0.0695. The van der Waals surface area contributed by atoms with Crippen LogP contribution in [0.2, 0.25) is 0 Å². The normalized spacial score (nSPS) is 24.1. The van der Waals surface area contributed by atoms with Crippen molar-refractivity contribution >= 4 is 22.6 Å². The van der Waals surface area contributed by atoms with Crippen molar-refractivity contribution in [2.75, 3.05) is 18.0 Å². The minimum atomic E-state index is -1.65. The first-order valence-electron chi connectivity index (χ1n) is 10.3. The molecule has 0 bridgehead atoms. The van der Waals surface area contributed by atoms with E-state index in [9.17, 15) is 23.5 Å². The van der Waals surface area contributed by atoms with Gasteiger partial charge in [-0.05, 0) is 36.0 Å². The molecule has 0 spiro atoms. The number of rotatable bonds is 3. The minimum absolute atomic E-state index is 0.0399. The quantitative estimate of drug-likeness (QED) is 0.584. The van der Waals surface area contributed by atoms with Crippen LogP contribution in [0.5, 0.6) is 0 Å². The molecule has 2 aliphatic rings. The molecule has 2 heterocycles. The molecule has 6 nitrogen and oxygen atoms in total. The van der Waals surface area contributed by atoms with Crippen molar-refractivity contribution in [3.8, 4) is 5.69 Å². The molecule has 0 amide bonds. The van der Waals surface area contributed by atoms with Gasteiger partial charge in [0.25, 0.3) is 0 Å². The second-order valence-electron chi connectivity index (χ2n) is 9.07. The molecule has 2 aromatic carbocycles. The van der Waals surface area contributed by atoms with Crippen LogP contribution in [0.25, 0.3) is 16.6 Å². The summed E-state index contributed by atoms with van der Waals surface area (Å²) in [6, 6.07) is 3.12. The fraction of sp³-hybridized carbons (Fsp3) is 0.304. The summed E-state index contributed by atoms with van der Waals surface area (Å²) < 4.78 is 60.0. The van der Waals surface area contributed by atoms with Crippen LogP contribution in [0.4, 0.5) is 23.2 Å². The number of nitrogens with two attached hydrogens (primary N) is 1. The lowest BCUT2D eigenvalue weighted by atomic mass is 9.60. The molecule has 10 heteroatoms. The number of pyridine rings is 1. The molecule has 3 aromatic rings. The summed E-state index contributed by atoms with van der Waals surface area (Å²) in [5, 5.41) is 8.85. The van der Waals surface area contributed by atoms with Gasteiger partial charge in [0.2, 0.25) is 5.43 Å². The van der Waals surface area contributed by atoms with Gasteiger partial charge in [-0.3, -0.25) is 4.79 Å². The number of carbonyl (C=O) groups is 1. The van der Waals surface area contributed by atoms with Crippen molar-refractivity contribution in [3.63, 3.8) is 0 Å². The minimum Gasteiger partial charge on any atom is -0.477 e. The average Bonchev–Trinajstić information content (AvgIpc) is 2.99. The summed E-state index contributed by atoms with van der Waals surface area (Å²) in [6.07, 6.45) is 1.47. The number of anilines is 1. The predicted octanol–water partition coefficient (Wildman–Crippen LogP) is 3.42. The van der Waals surface area contributed by atoms with Gasteiger partial charge in [0.1, 0.15) is 28.7 Å². The third-order valence-corrected chi connectivity index (χ3v) is 6.96. The molecule has 1 saturated carbocycles. The van der Waals surface area contributed by atoms with Crippen molar-refractivity contribution in [2.24, 2.45) is 17.1 Å². The van der Waals surface area contributed by atoms with Gasteiger partial charge in [-0.15, -0.1) is 0 Å². The summed E-state index contributed by atoms with van der Waals surface area (Å²) >= 11 is 0. The highest BCUT2D eigenvalue weighted by atomic mass is 19.1. The molecule has 1 aliphatic heterocycles. The molecular weight excluding hydrogens is 442 g/mol. The van der Waals surface area contributed by atoms with Crippen LogP contribution < -0.4 is 16.1 Å². The molecule has 1 aliphatic carbocycles. The summed E-state index contributed by atoms with van der Waals surface area (Å²) in [5.74, 6) is -5.80. The zero-order valence-electron chi connectivity index (χ0n) is 17.4. The van der Waals surface area contributed by atoms with Gasteiger partial charge in [0.15, 0.2) is 5.82 Å². The van der Waals surface area contributed by atoms with Crippen LogP contribution in [0, 0.1) is 34.6 Å². The Morgan fingerprint density at radius 2 is 1.91 bits per heavy atom. The Morgan fingerprint density at radius 3 is 2.52 bits per heavy atom. The fourth-order valence-corrected chi connectivity index (χ4v) is 5.35. The molecule has 33 heavy (non-hydrogen) atoms.